The lowest BCUT2D eigenvalue weighted by atomic mass is 10.4. The van der Waals surface area contributed by atoms with Gasteiger partial charge in [0.2, 0.25) is 0 Å². The number of carboxylic acids is 1. The molecular formula is C6H8F3NO2. The minimum atomic E-state index is -4.33. The minimum absolute atomic E-state index is 0.0574. The normalized spacial score (nSPS) is 12.2. The van der Waals surface area contributed by atoms with Crippen LogP contribution in [-0.4, -0.2) is 30.3 Å². The second kappa shape index (κ2) is 4.76. The van der Waals surface area contributed by atoms with Gasteiger partial charge in [0.1, 0.15) is 0 Å². The molecule has 0 unspecified atom stereocenters. The van der Waals surface area contributed by atoms with Gasteiger partial charge >= 0.3 is 12.1 Å². The van der Waals surface area contributed by atoms with Gasteiger partial charge in [-0.15, -0.1) is 0 Å². The molecule has 0 rings (SSSR count). The summed E-state index contributed by atoms with van der Waals surface area (Å²) in [6, 6.07) is 0. The van der Waals surface area contributed by atoms with Crippen LogP contribution in [0, 0.1) is 0 Å². The maximum absolute atomic E-state index is 11.4. The molecule has 0 atom stereocenters. The van der Waals surface area contributed by atoms with Crippen LogP contribution in [0.25, 0.3) is 0 Å². The summed E-state index contributed by atoms with van der Waals surface area (Å²) in [5.74, 6) is -1.10. The van der Waals surface area contributed by atoms with E-state index < -0.39 is 12.1 Å². The van der Waals surface area contributed by atoms with E-state index in [-0.39, 0.29) is 19.2 Å². The van der Waals surface area contributed by atoms with Crippen LogP contribution >= 0.6 is 0 Å². The van der Waals surface area contributed by atoms with Gasteiger partial charge in [-0.05, 0) is 0 Å². The van der Waals surface area contributed by atoms with Crippen LogP contribution in [0.1, 0.15) is 0 Å². The molecule has 0 aliphatic carbocycles. The lowest BCUT2D eigenvalue weighted by Crippen LogP contribution is -2.22. The van der Waals surface area contributed by atoms with Crippen LogP contribution < -0.4 is 5.32 Å². The summed E-state index contributed by atoms with van der Waals surface area (Å²) < 4.78 is 34.2. The van der Waals surface area contributed by atoms with Crippen LogP contribution in [-0.2, 0) is 4.79 Å². The Kier molecular flexibility index (Phi) is 4.35. The van der Waals surface area contributed by atoms with E-state index in [0.717, 1.165) is 6.08 Å². The van der Waals surface area contributed by atoms with Crippen molar-refractivity contribution in [2.45, 2.75) is 6.18 Å². The quantitative estimate of drug-likeness (QED) is 0.500. The summed E-state index contributed by atoms with van der Waals surface area (Å²) in [4.78, 5) is 9.85. The third-order valence-electron chi connectivity index (χ3n) is 0.845. The standard InChI is InChI=1S/C6H8F3NO2/c7-6(8,9)2-1-3-10-4-5(11)12/h1-2,10H,3-4H2,(H,11,12). The van der Waals surface area contributed by atoms with Crippen molar-refractivity contribution in [3.8, 4) is 0 Å². The van der Waals surface area contributed by atoms with Crippen molar-refractivity contribution in [3.63, 3.8) is 0 Å². The van der Waals surface area contributed by atoms with Crippen molar-refractivity contribution in [2.24, 2.45) is 0 Å². The first-order valence-electron chi connectivity index (χ1n) is 3.09. The Hall–Kier alpha value is -1.04. The highest BCUT2D eigenvalue weighted by Crippen LogP contribution is 2.15. The van der Waals surface area contributed by atoms with Crippen molar-refractivity contribution >= 4 is 5.97 Å². The number of nitrogens with one attached hydrogen (secondary N) is 1. The zero-order valence-electron chi connectivity index (χ0n) is 6.06. The Morgan fingerprint density at radius 3 is 2.50 bits per heavy atom. The highest BCUT2D eigenvalue weighted by atomic mass is 19.4. The van der Waals surface area contributed by atoms with Gasteiger partial charge in [-0.3, -0.25) is 4.79 Å². The third-order valence-corrected chi connectivity index (χ3v) is 0.845. The molecule has 6 heteroatoms. The largest absolute Gasteiger partial charge is 0.480 e. The molecule has 0 saturated carbocycles. The van der Waals surface area contributed by atoms with E-state index in [1.807, 2.05) is 0 Å². The van der Waals surface area contributed by atoms with Crippen LogP contribution in [0.2, 0.25) is 0 Å². The Morgan fingerprint density at radius 1 is 1.50 bits per heavy atom. The maximum atomic E-state index is 11.4. The molecule has 0 aliphatic rings. The van der Waals surface area contributed by atoms with Gasteiger partial charge in [0, 0.05) is 12.6 Å². The second-order valence-electron chi connectivity index (χ2n) is 1.97. The van der Waals surface area contributed by atoms with Crippen molar-refractivity contribution in [2.75, 3.05) is 13.1 Å². The van der Waals surface area contributed by atoms with E-state index in [0.29, 0.717) is 0 Å². The smallest absolute Gasteiger partial charge is 0.409 e. The van der Waals surface area contributed by atoms with Gasteiger partial charge in [-0.25, -0.2) is 0 Å². The van der Waals surface area contributed by atoms with Gasteiger partial charge in [0.25, 0.3) is 0 Å². The number of halogens is 3. The summed E-state index contributed by atoms with van der Waals surface area (Å²) in [7, 11) is 0. The summed E-state index contributed by atoms with van der Waals surface area (Å²) in [6.07, 6.45) is -3.45. The highest BCUT2D eigenvalue weighted by molar-refractivity contribution is 5.68. The van der Waals surface area contributed by atoms with E-state index in [9.17, 15) is 18.0 Å². The maximum Gasteiger partial charge on any atom is 0.409 e. The molecule has 0 radical (unpaired) electrons. The molecule has 0 bridgehead atoms. The Bertz CT molecular complexity index is 176. The van der Waals surface area contributed by atoms with Crippen molar-refractivity contribution in [1.82, 2.24) is 5.32 Å². The number of aliphatic carboxylic acids is 1. The first kappa shape index (κ1) is 11.0. The zero-order chi connectivity index (χ0) is 9.61. The van der Waals surface area contributed by atoms with Gasteiger partial charge in [-0.2, -0.15) is 13.2 Å². The van der Waals surface area contributed by atoms with E-state index in [4.69, 9.17) is 5.11 Å². The summed E-state index contributed by atoms with van der Waals surface area (Å²) in [5.41, 5.74) is 0. The molecule has 0 spiro atoms. The summed E-state index contributed by atoms with van der Waals surface area (Å²) in [5, 5.41) is 10.3. The summed E-state index contributed by atoms with van der Waals surface area (Å²) >= 11 is 0. The number of allylic oxidation sites excluding steroid dienone is 1. The number of hydrogen-bond acceptors (Lipinski definition) is 2. The third kappa shape index (κ3) is 8.96. The second-order valence-corrected chi connectivity index (χ2v) is 1.97. The molecule has 0 amide bonds. The van der Waals surface area contributed by atoms with Crippen molar-refractivity contribution in [1.29, 1.82) is 0 Å². The Balaban J connectivity index is 3.43. The van der Waals surface area contributed by atoms with E-state index in [1.54, 1.807) is 0 Å². The van der Waals surface area contributed by atoms with Gasteiger partial charge < -0.3 is 10.4 Å². The van der Waals surface area contributed by atoms with Gasteiger partial charge in [0.15, 0.2) is 0 Å². The number of alkyl halides is 3. The van der Waals surface area contributed by atoms with Crippen LogP contribution in [0.5, 0.6) is 0 Å². The van der Waals surface area contributed by atoms with E-state index in [2.05, 4.69) is 5.32 Å². The van der Waals surface area contributed by atoms with Gasteiger partial charge in [0.05, 0.1) is 6.54 Å². The zero-order valence-corrected chi connectivity index (χ0v) is 6.06. The number of rotatable bonds is 4. The molecule has 2 N–H and O–H groups in total. The number of carboxylic acid groups (broad SMARTS) is 1. The SMILES string of the molecule is O=C(O)CNCC=CC(F)(F)F. The molecule has 3 nitrogen and oxygen atoms in total. The molecule has 0 heterocycles. The molecule has 0 aromatic carbocycles. The molecule has 0 aromatic heterocycles. The molecule has 0 aromatic rings. The first-order valence-corrected chi connectivity index (χ1v) is 3.09. The van der Waals surface area contributed by atoms with Crippen LogP contribution in [0.3, 0.4) is 0 Å². The van der Waals surface area contributed by atoms with E-state index in [1.165, 1.54) is 0 Å². The predicted molar refractivity (Wildman–Crippen MR) is 35.7 cm³/mol. The minimum Gasteiger partial charge on any atom is -0.480 e. The average molecular weight is 183 g/mol. The van der Waals surface area contributed by atoms with Crippen molar-refractivity contribution in [3.05, 3.63) is 12.2 Å². The fourth-order valence-electron chi connectivity index (χ4n) is 0.455. The monoisotopic (exact) mass is 183 g/mol. The molecule has 0 fully saturated rings. The molecular weight excluding hydrogens is 175 g/mol. The fourth-order valence-corrected chi connectivity index (χ4v) is 0.455. The average Bonchev–Trinajstić information content (AvgIpc) is 1.83. The lowest BCUT2D eigenvalue weighted by Gasteiger charge is -1.98. The topological polar surface area (TPSA) is 49.3 Å². The van der Waals surface area contributed by atoms with E-state index >= 15 is 0 Å². The van der Waals surface area contributed by atoms with Crippen molar-refractivity contribution < 1.29 is 23.1 Å². The fraction of sp³-hybridized carbons (Fsp3) is 0.500. The number of hydrogen-bond donors (Lipinski definition) is 2. The molecule has 0 aliphatic heterocycles. The Morgan fingerprint density at radius 2 is 2.08 bits per heavy atom. The molecule has 12 heavy (non-hydrogen) atoms. The van der Waals surface area contributed by atoms with Crippen LogP contribution in [0.4, 0.5) is 13.2 Å². The highest BCUT2D eigenvalue weighted by Gasteiger charge is 2.21. The first-order chi connectivity index (χ1) is 5.42. The number of carbonyl (C=O) groups is 1. The Labute approximate surface area is 66.9 Å². The molecule has 70 valence electrons. The summed E-state index contributed by atoms with van der Waals surface area (Å²) in [6.45, 7) is -0.450. The van der Waals surface area contributed by atoms with Gasteiger partial charge in [-0.1, -0.05) is 6.08 Å². The van der Waals surface area contributed by atoms with Crippen LogP contribution in [0.15, 0.2) is 12.2 Å². The molecule has 0 saturated heterocycles. The lowest BCUT2D eigenvalue weighted by molar-refractivity contribution is -0.135. The predicted octanol–water partition coefficient (Wildman–Crippen LogP) is 0.779.